The first-order chi connectivity index (χ1) is 12.9. The van der Waals surface area contributed by atoms with Crippen molar-refractivity contribution in [3.05, 3.63) is 65.4 Å². The second kappa shape index (κ2) is 9.33. The van der Waals surface area contributed by atoms with Gasteiger partial charge in [-0.15, -0.1) is 0 Å². The molecule has 0 aliphatic heterocycles. The molecule has 0 fully saturated rings. The number of aliphatic hydroxyl groups excluding tert-OH is 1. The number of carbonyl (C=O) groups is 1. The first-order valence-corrected chi connectivity index (χ1v) is 8.27. The number of hydrogen-bond donors (Lipinski definition) is 3. The summed E-state index contributed by atoms with van der Waals surface area (Å²) >= 11 is 0. The molecule has 27 heavy (non-hydrogen) atoms. The lowest BCUT2D eigenvalue weighted by Gasteiger charge is -2.05. The van der Waals surface area contributed by atoms with Gasteiger partial charge in [0.2, 0.25) is 0 Å². The molecule has 0 aromatic heterocycles. The number of phenolic OH excluding ortho intramolecular Hbond substituents is 2. The van der Waals surface area contributed by atoms with E-state index in [1.807, 2.05) is 0 Å². The number of ether oxygens (including phenoxy) is 2. The van der Waals surface area contributed by atoms with Gasteiger partial charge in [-0.2, -0.15) is 0 Å². The summed E-state index contributed by atoms with van der Waals surface area (Å²) in [6.07, 6.45) is 4.82. The van der Waals surface area contributed by atoms with Crippen molar-refractivity contribution >= 4 is 11.9 Å². The lowest BCUT2D eigenvalue weighted by molar-refractivity contribution is -0.114. The maximum absolute atomic E-state index is 12.0. The van der Waals surface area contributed by atoms with Gasteiger partial charge in [-0.1, -0.05) is 18.2 Å². The molecular weight excluding hydrogens is 348 g/mol. The zero-order valence-electron chi connectivity index (χ0n) is 15.2. The van der Waals surface area contributed by atoms with Gasteiger partial charge in [0.1, 0.15) is 5.76 Å². The highest BCUT2D eigenvalue weighted by atomic mass is 16.5. The molecule has 0 aliphatic rings. The summed E-state index contributed by atoms with van der Waals surface area (Å²) in [5.41, 5.74) is 1.55. The Morgan fingerprint density at radius 1 is 1.00 bits per heavy atom. The molecule has 6 nitrogen and oxygen atoms in total. The van der Waals surface area contributed by atoms with E-state index >= 15 is 0 Å². The third-order valence-corrected chi connectivity index (χ3v) is 3.86. The van der Waals surface area contributed by atoms with Crippen molar-refractivity contribution in [2.24, 2.45) is 0 Å². The van der Waals surface area contributed by atoms with Crippen molar-refractivity contribution in [2.75, 3.05) is 14.2 Å². The number of ketones is 1. The number of aromatic hydroxyl groups is 2. The molecule has 0 bridgehead atoms. The standard InChI is InChI=1S/C21H22O6/c1-26-20-11-14(5-9-18(20)24)3-7-16(22)13-17(23)8-4-15-6-10-19(25)21(12-15)27-2/h3,5-7,9-13,22,24-25H,4,8H2,1-2H3/b7-3+,16-13?. The Morgan fingerprint density at radius 2 is 1.63 bits per heavy atom. The van der Waals surface area contributed by atoms with E-state index < -0.39 is 0 Å². The fourth-order valence-corrected chi connectivity index (χ4v) is 2.41. The molecule has 0 atom stereocenters. The third kappa shape index (κ3) is 5.81. The van der Waals surface area contributed by atoms with Crippen molar-refractivity contribution in [1.82, 2.24) is 0 Å². The summed E-state index contributed by atoms with van der Waals surface area (Å²) in [6.45, 7) is 0. The molecule has 6 heteroatoms. The molecule has 0 amide bonds. The Hall–Kier alpha value is -3.41. The lowest BCUT2D eigenvalue weighted by atomic mass is 10.1. The van der Waals surface area contributed by atoms with Crippen LogP contribution in [-0.4, -0.2) is 35.3 Å². The molecule has 0 saturated carbocycles. The summed E-state index contributed by atoms with van der Waals surface area (Å²) in [7, 11) is 2.91. The summed E-state index contributed by atoms with van der Waals surface area (Å²) in [5, 5.41) is 29.0. The maximum Gasteiger partial charge on any atom is 0.161 e. The maximum atomic E-state index is 12.0. The van der Waals surface area contributed by atoms with Crippen LogP contribution in [-0.2, 0) is 11.2 Å². The number of carbonyl (C=O) groups excluding carboxylic acids is 1. The average Bonchev–Trinajstić information content (AvgIpc) is 2.66. The van der Waals surface area contributed by atoms with Gasteiger partial charge in [0.25, 0.3) is 0 Å². The smallest absolute Gasteiger partial charge is 0.161 e. The summed E-state index contributed by atoms with van der Waals surface area (Å²) in [4.78, 5) is 12.0. The molecule has 0 radical (unpaired) electrons. The average molecular weight is 370 g/mol. The molecule has 2 rings (SSSR count). The van der Waals surface area contributed by atoms with Gasteiger partial charge in [0, 0.05) is 12.5 Å². The molecule has 0 saturated heterocycles. The van der Waals surface area contributed by atoms with E-state index in [2.05, 4.69) is 0 Å². The van der Waals surface area contributed by atoms with Crippen LogP contribution in [0.25, 0.3) is 6.08 Å². The van der Waals surface area contributed by atoms with Gasteiger partial charge >= 0.3 is 0 Å². The van der Waals surface area contributed by atoms with Crippen LogP contribution in [0.3, 0.4) is 0 Å². The zero-order chi connectivity index (χ0) is 19.8. The van der Waals surface area contributed by atoms with E-state index in [9.17, 15) is 20.1 Å². The molecule has 0 unspecified atom stereocenters. The topological polar surface area (TPSA) is 96.2 Å². The molecule has 2 aromatic rings. The van der Waals surface area contributed by atoms with Crippen molar-refractivity contribution < 1.29 is 29.6 Å². The fourth-order valence-electron chi connectivity index (χ4n) is 2.41. The van der Waals surface area contributed by atoms with Gasteiger partial charge in [-0.3, -0.25) is 4.79 Å². The van der Waals surface area contributed by atoms with E-state index in [1.165, 1.54) is 32.4 Å². The van der Waals surface area contributed by atoms with Gasteiger partial charge in [-0.05, 0) is 47.9 Å². The Labute approximate surface area is 157 Å². The lowest BCUT2D eigenvalue weighted by Crippen LogP contribution is -1.98. The van der Waals surface area contributed by atoms with Crippen LogP contribution in [0.2, 0.25) is 0 Å². The van der Waals surface area contributed by atoms with Crippen LogP contribution >= 0.6 is 0 Å². The highest BCUT2D eigenvalue weighted by molar-refractivity contribution is 5.90. The summed E-state index contributed by atoms with van der Waals surface area (Å²) < 4.78 is 10.0. The highest BCUT2D eigenvalue weighted by Gasteiger charge is 2.06. The molecule has 0 heterocycles. The van der Waals surface area contributed by atoms with E-state index in [4.69, 9.17) is 9.47 Å². The minimum atomic E-state index is -0.229. The first-order valence-electron chi connectivity index (χ1n) is 8.27. The van der Waals surface area contributed by atoms with Crippen LogP contribution in [0.4, 0.5) is 0 Å². The van der Waals surface area contributed by atoms with Gasteiger partial charge < -0.3 is 24.8 Å². The second-order valence-corrected chi connectivity index (χ2v) is 5.81. The fraction of sp³-hybridized carbons (Fsp3) is 0.190. The molecule has 0 aliphatic carbocycles. The highest BCUT2D eigenvalue weighted by Crippen LogP contribution is 2.27. The molecule has 3 N–H and O–H groups in total. The minimum Gasteiger partial charge on any atom is -0.508 e. The van der Waals surface area contributed by atoms with Crippen molar-refractivity contribution in [3.8, 4) is 23.0 Å². The first kappa shape index (κ1) is 19.9. The Kier molecular flexibility index (Phi) is 6.88. The van der Waals surface area contributed by atoms with Crippen LogP contribution in [0.1, 0.15) is 17.5 Å². The van der Waals surface area contributed by atoms with Crippen LogP contribution in [0.5, 0.6) is 23.0 Å². The van der Waals surface area contributed by atoms with Gasteiger partial charge in [-0.25, -0.2) is 0 Å². The predicted octanol–water partition coefficient (Wildman–Crippen LogP) is 3.77. The third-order valence-electron chi connectivity index (χ3n) is 3.86. The second-order valence-electron chi connectivity index (χ2n) is 5.81. The number of rotatable bonds is 8. The van der Waals surface area contributed by atoms with E-state index in [0.29, 0.717) is 23.5 Å². The summed E-state index contributed by atoms with van der Waals surface area (Å²) in [6, 6.07) is 9.65. The molecule has 2 aromatic carbocycles. The van der Waals surface area contributed by atoms with Crippen molar-refractivity contribution in [1.29, 1.82) is 0 Å². The Morgan fingerprint density at radius 3 is 2.30 bits per heavy atom. The Balaban J connectivity index is 1.96. The normalized spacial score (nSPS) is 11.6. The van der Waals surface area contributed by atoms with Crippen molar-refractivity contribution in [3.63, 3.8) is 0 Å². The monoisotopic (exact) mass is 370 g/mol. The quantitative estimate of drug-likeness (QED) is 0.372. The minimum absolute atomic E-state index is 0.0236. The van der Waals surface area contributed by atoms with E-state index in [0.717, 1.165) is 11.6 Å². The van der Waals surface area contributed by atoms with Gasteiger partial charge in [0.05, 0.1) is 14.2 Å². The summed E-state index contributed by atoms with van der Waals surface area (Å²) in [5.74, 6) is 0.339. The van der Waals surface area contributed by atoms with E-state index in [-0.39, 0.29) is 29.5 Å². The number of methoxy groups -OCH3 is 2. The largest absolute Gasteiger partial charge is 0.508 e. The number of hydrogen-bond acceptors (Lipinski definition) is 6. The van der Waals surface area contributed by atoms with Crippen LogP contribution in [0, 0.1) is 0 Å². The van der Waals surface area contributed by atoms with Gasteiger partial charge in [0.15, 0.2) is 28.8 Å². The number of aliphatic hydroxyl groups is 1. The number of phenols is 2. The molecule has 0 spiro atoms. The van der Waals surface area contributed by atoms with Crippen molar-refractivity contribution in [2.45, 2.75) is 12.8 Å². The SMILES string of the molecule is COc1cc(/C=C/C(O)=CC(=O)CCc2ccc(O)c(OC)c2)ccc1O. The molecular formula is C21H22O6. The number of benzene rings is 2. The van der Waals surface area contributed by atoms with E-state index in [1.54, 1.807) is 30.3 Å². The molecule has 142 valence electrons. The van der Waals surface area contributed by atoms with Crippen LogP contribution in [0.15, 0.2) is 54.3 Å². The van der Waals surface area contributed by atoms with Crippen LogP contribution < -0.4 is 9.47 Å². The number of allylic oxidation sites excluding steroid dienone is 2. The predicted molar refractivity (Wildman–Crippen MR) is 102 cm³/mol. The number of aryl methyl sites for hydroxylation is 1. The zero-order valence-corrected chi connectivity index (χ0v) is 15.2. The Bertz CT molecular complexity index is 867.